The second-order valence-corrected chi connectivity index (χ2v) is 10.3. The van der Waals surface area contributed by atoms with E-state index in [-0.39, 0.29) is 23.7 Å². The van der Waals surface area contributed by atoms with Crippen LogP contribution in [0.15, 0.2) is 67.1 Å². The normalized spacial score (nSPS) is 19.2. The highest BCUT2D eigenvalue weighted by molar-refractivity contribution is 5.81. The van der Waals surface area contributed by atoms with Crippen LogP contribution in [-0.4, -0.2) is 53.5 Å². The molecule has 0 aliphatic carbocycles. The summed E-state index contributed by atoms with van der Waals surface area (Å²) in [5.74, 6) is -1.08. The van der Waals surface area contributed by atoms with Crippen molar-refractivity contribution in [3.8, 4) is 6.07 Å². The molecule has 0 radical (unpaired) electrons. The number of piperidine rings is 1. The van der Waals surface area contributed by atoms with Crippen LogP contribution in [0, 0.1) is 23.2 Å². The number of hydrogen-bond acceptors (Lipinski definition) is 6. The first-order valence-corrected chi connectivity index (χ1v) is 13.0. The number of benzene rings is 2. The van der Waals surface area contributed by atoms with Crippen molar-refractivity contribution in [1.29, 1.82) is 5.26 Å². The van der Waals surface area contributed by atoms with Gasteiger partial charge in [-0.2, -0.15) is 5.26 Å². The van der Waals surface area contributed by atoms with Crippen molar-refractivity contribution in [2.24, 2.45) is 11.8 Å². The molecule has 3 aromatic rings. The van der Waals surface area contributed by atoms with Gasteiger partial charge >= 0.3 is 5.97 Å². The Bertz CT molecular complexity index is 1240. The number of imidazole rings is 1. The van der Waals surface area contributed by atoms with Gasteiger partial charge in [0.15, 0.2) is 0 Å². The van der Waals surface area contributed by atoms with E-state index in [1.807, 2.05) is 37.3 Å². The summed E-state index contributed by atoms with van der Waals surface area (Å²) >= 11 is 0. The van der Waals surface area contributed by atoms with Gasteiger partial charge in [-0.1, -0.05) is 42.5 Å². The molecule has 1 saturated heterocycles. The van der Waals surface area contributed by atoms with Gasteiger partial charge in [-0.05, 0) is 56.0 Å². The topological polar surface area (TPSA) is 111 Å². The van der Waals surface area contributed by atoms with Crippen LogP contribution in [0.5, 0.6) is 0 Å². The first kappa shape index (κ1) is 27.1. The summed E-state index contributed by atoms with van der Waals surface area (Å²) in [6.07, 6.45) is 6.17. The van der Waals surface area contributed by atoms with Gasteiger partial charge in [-0.25, -0.2) is 4.98 Å². The van der Waals surface area contributed by atoms with Gasteiger partial charge < -0.3 is 19.9 Å². The molecule has 198 valence electrons. The largest absolute Gasteiger partial charge is 0.469 e. The molecular weight excluding hydrogens is 478 g/mol. The summed E-state index contributed by atoms with van der Waals surface area (Å²) in [5, 5.41) is 12.4. The number of methoxy groups -OCH3 is 1. The molecule has 1 aromatic heterocycles. The highest BCUT2D eigenvalue weighted by Crippen LogP contribution is 2.28. The SMILES string of the molecule is COC(=O)C1CC(C(=O)NC(C)(Cc2ccc(C#N)cc2)c2cnc[nH]2)CN(CCCc2ccccc2)C1. The van der Waals surface area contributed by atoms with Gasteiger partial charge in [0, 0.05) is 19.5 Å². The third-order valence-electron chi connectivity index (χ3n) is 7.35. The Morgan fingerprint density at radius 3 is 2.53 bits per heavy atom. The Morgan fingerprint density at radius 2 is 1.87 bits per heavy atom. The number of likely N-dealkylation sites (tertiary alicyclic amines) is 1. The number of hydrogen-bond donors (Lipinski definition) is 2. The predicted molar refractivity (Wildman–Crippen MR) is 144 cm³/mol. The molecule has 3 unspecified atom stereocenters. The quantitative estimate of drug-likeness (QED) is 0.401. The van der Waals surface area contributed by atoms with Crippen molar-refractivity contribution in [2.75, 3.05) is 26.7 Å². The highest BCUT2D eigenvalue weighted by atomic mass is 16.5. The summed E-state index contributed by atoms with van der Waals surface area (Å²) in [6, 6.07) is 19.8. The zero-order valence-electron chi connectivity index (χ0n) is 22.0. The van der Waals surface area contributed by atoms with Crippen LogP contribution in [0.2, 0.25) is 0 Å². The summed E-state index contributed by atoms with van der Waals surface area (Å²) in [5.41, 5.74) is 2.89. The maximum absolute atomic E-state index is 13.7. The number of carbonyl (C=O) groups excluding carboxylic acids is 2. The van der Waals surface area contributed by atoms with Gasteiger partial charge in [0.2, 0.25) is 5.91 Å². The molecule has 2 N–H and O–H groups in total. The standard InChI is InChI=1S/C30H35N5O3/c1-30(27-18-32-21-33-27,16-23-10-12-24(17-31)13-11-23)34-28(36)25-15-26(29(37)38-2)20-35(19-25)14-6-9-22-7-4-3-5-8-22/h3-5,7-8,10-13,18,21,25-26H,6,9,14-16,19-20H2,1-2H3,(H,32,33)(H,34,36). The third kappa shape index (κ3) is 6.87. The fourth-order valence-electron chi connectivity index (χ4n) is 5.30. The number of carbonyl (C=O) groups is 2. The zero-order valence-corrected chi connectivity index (χ0v) is 22.0. The van der Waals surface area contributed by atoms with Crippen molar-refractivity contribution in [1.82, 2.24) is 20.2 Å². The van der Waals surface area contributed by atoms with Gasteiger partial charge in [0.05, 0.1) is 54.3 Å². The van der Waals surface area contributed by atoms with E-state index in [9.17, 15) is 9.59 Å². The molecule has 0 saturated carbocycles. The summed E-state index contributed by atoms with van der Waals surface area (Å²) < 4.78 is 5.06. The van der Waals surface area contributed by atoms with E-state index in [4.69, 9.17) is 10.00 Å². The molecule has 0 bridgehead atoms. The molecule has 1 fully saturated rings. The minimum Gasteiger partial charge on any atom is -0.469 e. The lowest BCUT2D eigenvalue weighted by Crippen LogP contribution is -2.53. The minimum atomic E-state index is -0.752. The van der Waals surface area contributed by atoms with Crippen molar-refractivity contribution in [3.05, 3.63) is 89.5 Å². The average molecular weight is 514 g/mol. The molecule has 1 aliphatic rings. The maximum atomic E-state index is 13.7. The van der Waals surface area contributed by atoms with Crippen LogP contribution in [0.1, 0.15) is 42.1 Å². The summed E-state index contributed by atoms with van der Waals surface area (Å²) in [6.45, 7) is 3.95. The number of H-pyrrole nitrogens is 1. The molecule has 3 atom stereocenters. The van der Waals surface area contributed by atoms with Crippen LogP contribution >= 0.6 is 0 Å². The van der Waals surface area contributed by atoms with E-state index < -0.39 is 5.54 Å². The number of amides is 1. The zero-order chi connectivity index (χ0) is 27.0. The van der Waals surface area contributed by atoms with Crippen molar-refractivity contribution in [2.45, 2.75) is 38.1 Å². The van der Waals surface area contributed by atoms with Crippen LogP contribution in [0.25, 0.3) is 0 Å². The second-order valence-electron chi connectivity index (χ2n) is 10.3. The van der Waals surface area contributed by atoms with Crippen molar-refractivity contribution < 1.29 is 14.3 Å². The van der Waals surface area contributed by atoms with Gasteiger partial charge in [0.1, 0.15) is 0 Å². The number of aryl methyl sites for hydroxylation is 1. The van der Waals surface area contributed by atoms with E-state index in [1.165, 1.54) is 12.7 Å². The molecule has 1 amide bonds. The Balaban J connectivity index is 1.47. The average Bonchev–Trinajstić information content (AvgIpc) is 3.50. The Labute approximate surface area is 224 Å². The predicted octanol–water partition coefficient (Wildman–Crippen LogP) is 3.60. The number of esters is 1. The molecule has 2 heterocycles. The molecule has 38 heavy (non-hydrogen) atoms. The summed E-state index contributed by atoms with van der Waals surface area (Å²) in [4.78, 5) is 35.8. The fourth-order valence-corrected chi connectivity index (χ4v) is 5.30. The van der Waals surface area contributed by atoms with E-state index in [2.05, 4.69) is 38.4 Å². The number of aromatic amines is 1. The Kier molecular flexibility index (Phi) is 8.93. The van der Waals surface area contributed by atoms with Gasteiger partial charge in [0.25, 0.3) is 0 Å². The van der Waals surface area contributed by atoms with E-state index in [1.54, 1.807) is 24.7 Å². The lowest BCUT2D eigenvalue weighted by atomic mass is 9.85. The number of aromatic nitrogens is 2. The molecule has 8 heteroatoms. The molecule has 4 rings (SSSR count). The van der Waals surface area contributed by atoms with E-state index in [0.717, 1.165) is 30.6 Å². The number of rotatable bonds is 10. The molecule has 1 aliphatic heterocycles. The molecule has 0 spiro atoms. The number of nitrogens with one attached hydrogen (secondary N) is 2. The van der Waals surface area contributed by atoms with Gasteiger partial charge in [-0.15, -0.1) is 0 Å². The van der Waals surface area contributed by atoms with Crippen molar-refractivity contribution >= 4 is 11.9 Å². The second kappa shape index (κ2) is 12.5. The smallest absolute Gasteiger partial charge is 0.309 e. The molecule has 8 nitrogen and oxygen atoms in total. The molecule has 2 aromatic carbocycles. The molecular formula is C30H35N5O3. The van der Waals surface area contributed by atoms with Gasteiger partial charge in [-0.3, -0.25) is 9.59 Å². The maximum Gasteiger partial charge on any atom is 0.309 e. The van der Waals surface area contributed by atoms with Crippen LogP contribution < -0.4 is 5.32 Å². The lowest BCUT2D eigenvalue weighted by Gasteiger charge is -2.38. The van der Waals surface area contributed by atoms with Crippen LogP contribution in [0.3, 0.4) is 0 Å². The Morgan fingerprint density at radius 1 is 1.13 bits per heavy atom. The minimum absolute atomic E-state index is 0.0996. The van der Waals surface area contributed by atoms with Crippen molar-refractivity contribution in [3.63, 3.8) is 0 Å². The summed E-state index contributed by atoms with van der Waals surface area (Å²) in [7, 11) is 1.40. The lowest BCUT2D eigenvalue weighted by molar-refractivity contribution is -0.149. The van der Waals surface area contributed by atoms with Crippen LogP contribution in [-0.2, 0) is 32.7 Å². The highest BCUT2D eigenvalue weighted by Gasteiger charge is 2.39. The first-order valence-electron chi connectivity index (χ1n) is 13.0. The fraction of sp³-hybridized carbons (Fsp3) is 0.400. The third-order valence-corrected chi connectivity index (χ3v) is 7.35. The van der Waals surface area contributed by atoms with E-state index >= 15 is 0 Å². The van der Waals surface area contributed by atoms with Crippen LogP contribution in [0.4, 0.5) is 0 Å². The first-order chi connectivity index (χ1) is 18.4. The monoisotopic (exact) mass is 513 g/mol. The number of ether oxygens (including phenoxy) is 1. The van der Waals surface area contributed by atoms with E-state index in [0.29, 0.717) is 31.5 Å². The number of nitrogens with zero attached hydrogens (tertiary/aromatic N) is 3. The Hall–Kier alpha value is -3.96. The number of nitriles is 1.